The van der Waals surface area contributed by atoms with Crippen LogP contribution >= 0.6 is 11.6 Å². The van der Waals surface area contributed by atoms with E-state index >= 15 is 0 Å². The lowest BCUT2D eigenvalue weighted by Gasteiger charge is -1.80. The first-order valence-electron chi connectivity index (χ1n) is 2.43. The molecular weight excluding hydrogens is 122 g/mol. The van der Waals surface area contributed by atoms with Gasteiger partial charge in [-0.3, -0.25) is 0 Å². The molecule has 0 saturated carbocycles. The Hall–Kier alpha value is -0.560. The minimum absolute atomic E-state index is 0.685. The SMILES string of the molecule is Cc1cccc(Cl)[nH+]1. The highest BCUT2D eigenvalue weighted by atomic mass is 35.5. The maximum Gasteiger partial charge on any atom is 0.273 e. The third kappa shape index (κ3) is 1.20. The summed E-state index contributed by atoms with van der Waals surface area (Å²) in [5, 5.41) is 0.685. The molecule has 1 aromatic rings. The Labute approximate surface area is 53.3 Å². The van der Waals surface area contributed by atoms with Crippen LogP contribution in [0.4, 0.5) is 0 Å². The summed E-state index contributed by atoms with van der Waals surface area (Å²) in [6, 6.07) is 5.69. The third-order valence-corrected chi connectivity index (χ3v) is 1.13. The summed E-state index contributed by atoms with van der Waals surface area (Å²) in [5.41, 5.74) is 1.08. The van der Waals surface area contributed by atoms with Gasteiger partial charge in [-0.15, -0.1) is 0 Å². The summed E-state index contributed by atoms with van der Waals surface area (Å²) in [6.45, 7) is 1.96. The zero-order valence-electron chi connectivity index (χ0n) is 4.61. The number of rotatable bonds is 0. The van der Waals surface area contributed by atoms with Crippen molar-refractivity contribution in [2.24, 2.45) is 0 Å². The van der Waals surface area contributed by atoms with Crippen LogP contribution in [0.1, 0.15) is 5.69 Å². The largest absolute Gasteiger partial charge is 0.273 e. The summed E-state index contributed by atoms with van der Waals surface area (Å²) in [6.07, 6.45) is 0. The first kappa shape index (κ1) is 5.57. The minimum atomic E-state index is 0.685. The van der Waals surface area contributed by atoms with Crippen LogP contribution in [0.5, 0.6) is 0 Å². The molecule has 0 bridgehead atoms. The fourth-order valence-electron chi connectivity index (χ4n) is 0.549. The van der Waals surface area contributed by atoms with Crippen molar-refractivity contribution in [3.8, 4) is 0 Å². The van der Waals surface area contributed by atoms with Crippen LogP contribution in [0.2, 0.25) is 5.15 Å². The Bertz CT molecular complexity index is 168. The second kappa shape index (κ2) is 2.14. The molecule has 1 heterocycles. The average molecular weight is 129 g/mol. The zero-order valence-corrected chi connectivity index (χ0v) is 5.37. The number of aryl methyl sites for hydroxylation is 1. The van der Waals surface area contributed by atoms with E-state index in [9.17, 15) is 0 Å². The van der Waals surface area contributed by atoms with E-state index in [4.69, 9.17) is 11.6 Å². The van der Waals surface area contributed by atoms with E-state index in [2.05, 4.69) is 4.98 Å². The quantitative estimate of drug-likeness (QED) is 0.470. The van der Waals surface area contributed by atoms with Crippen molar-refractivity contribution in [2.45, 2.75) is 6.92 Å². The number of aromatic amines is 1. The Balaban J connectivity index is 3.08. The molecule has 0 radical (unpaired) electrons. The molecule has 0 saturated heterocycles. The molecule has 0 aliphatic rings. The van der Waals surface area contributed by atoms with Crippen molar-refractivity contribution < 1.29 is 4.98 Å². The first-order chi connectivity index (χ1) is 3.79. The Morgan fingerprint density at radius 3 is 2.62 bits per heavy atom. The van der Waals surface area contributed by atoms with Crippen LogP contribution in [0.25, 0.3) is 0 Å². The van der Waals surface area contributed by atoms with Crippen LogP contribution in [0, 0.1) is 6.92 Å². The maximum absolute atomic E-state index is 5.59. The molecule has 1 N–H and O–H groups in total. The summed E-state index contributed by atoms with van der Waals surface area (Å²) < 4.78 is 0. The van der Waals surface area contributed by atoms with E-state index in [1.54, 1.807) is 0 Å². The lowest BCUT2D eigenvalue weighted by atomic mass is 10.4. The van der Waals surface area contributed by atoms with Crippen LogP contribution in [-0.2, 0) is 0 Å². The molecular formula is C6H7ClN+. The fraction of sp³-hybridized carbons (Fsp3) is 0.167. The number of nitrogens with one attached hydrogen (secondary N) is 1. The molecule has 1 aromatic heterocycles. The second-order valence-corrected chi connectivity index (χ2v) is 2.09. The first-order valence-corrected chi connectivity index (χ1v) is 2.81. The second-order valence-electron chi connectivity index (χ2n) is 1.68. The number of pyridine rings is 1. The van der Waals surface area contributed by atoms with E-state index in [0.717, 1.165) is 5.69 Å². The summed E-state index contributed by atoms with van der Waals surface area (Å²) in [5.74, 6) is 0. The maximum atomic E-state index is 5.59. The molecule has 1 nitrogen and oxygen atoms in total. The van der Waals surface area contributed by atoms with Gasteiger partial charge in [0.25, 0.3) is 5.15 Å². The smallest absolute Gasteiger partial charge is 0.199 e. The van der Waals surface area contributed by atoms with E-state index < -0.39 is 0 Å². The van der Waals surface area contributed by atoms with Crippen LogP contribution in [0.3, 0.4) is 0 Å². The highest BCUT2D eigenvalue weighted by Crippen LogP contribution is 1.96. The Kier molecular flexibility index (Phi) is 1.49. The molecule has 0 aliphatic heterocycles. The molecule has 42 valence electrons. The van der Waals surface area contributed by atoms with Crippen molar-refractivity contribution in [1.29, 1.82) is 0 Å². The number of hydrogen-bond acceptors (Lipinski definition) is 0. The monoisotopic (exact) mass is 128 g/mol. The number of hydrogen-bond donors (Lipinski definition) is 0. The van der Waals surface area contributed by atoms with Gasteiger partial charge in [-0.2, -0.15) is 4.98 Å². The van der Waals surface area contributed by atoms with Crippen molar-refractivity contribution in [2.75, 3.05) is 0 Å². The van der Waals surface area contributed by atoms with Crippen LogP contribution in [0.15, 0.2) is 18.2 Å². The van der Waals surface area contributed by atoms with Gasteiger partial charge in [0, 0.05) is 19.1 Å². The lowest BCUT2D eigenvalue weighted by Crippen LogP contribution is -2.06. The van der Waals surface area contributed by atoms with E-state index in [1.807, 2.05) is 25.1 Å². The number of halogens is 1. The third-order valence-electron chi connectivity index (χ3n) is 0.905. The van der Waals surface area contributed by atoms with Crippen molar-refractivity contribution in [3.05, 3.63) is 29.0 Å². The number of aromatic nitrogens is 1. The highest BCUT2D eigenvalue weighted by molar-refractivity contribution is 6.28. The van der Waals surface area contributed by atoms with Crippen molar-refractivity contribution in [1.82, 2.24) is 0 Å². The van der Waals surface area contributed by atoms with Crippen molar-refractivity contribution >= 4 is 11.6 Å². The molecule has 0 aromatic carbocycles. The van der Waals surface area contributed by atoms with Gasteiger partial charge >= 0.3 is 0 Å². The van der Waals surface area contributed by atoms with Crippen LogP contribution in [-0.4, -0.2) is 0 Å². The number of H-pyrrole nitrogens is 1. The van der Waals surface area contributed by atoms with E-state index in [0.29, 0.717) is 5.15 Å². The van der Waals surface area contributed by atoms with Crippen LogP contribution < -0.4 is 4.98 Å². The van der Waals surface area contributed by atoms with Gasteiger partial charge in [-0.05, 0) is 17.7 Å². The molecule has 1 rings (SSSR count). The van der Waals surface area contributed by atoms with Gasteiger partial charge < -0.3 is 0 Å². The normalized spacial score (nSPS) is 9.25. The van der Waals surface area contributed by atoms with Gasteiger partial charge in [-0.1, -0.05) is 0 Å². The molecule has 0 fully saturated rings. The molecule has 0 amide bonds. The highest BCUT2D eigenvalue weighted by Gasteiger charge is 1.93. The molecule has 8 heavy (non-hydrogen) atoms. The van der Waals surface area contributed by atoms with Gasteiger partial charge in [0.1, 0.15) is 0 Å². The van der Waals surface area contributed by atoms with Gasteiger partial charge in [0.2, 0.25) is 0 Å². The summed E-state index contributed by atoms with van der Waals surface area (Å²) in [4.78, 5) is 2.94. The van der Waals surface area contributed by atoms with Gasteiger partial charge in [-0.25, -0.2) is 0 Å². The fourth-order valence-corrected chi connectivity index (χ4v) is 0.770. The Morgan fingerprint density at radius 2 is 2.25 bits per heavy atom. The summed E-state index contributed by atoms with van der Waals surface area (Å²) in [7, 11) is 0. The molecule has 0 atom stereocenters. The molecule has 0 spiro atoms. The Morgan fingerprint density at radius 1 is 1.50 bits per heavy atom. The van der Waals surface area contributed by atoms with Gasteiger partial charge in [0.15, 0.2) is 5.69 Å². The molecule has 0 aliphatic carbocycles. The summed E-state index contributed by atoms with van der Waals surface area (Å²) >= 11 is 5.59. The molecule has 0 unspecified atom stereocenters. The van der Waals surface area contributed by atoms with Gasteiger partial charge in [0.05, 0.1) is 0 Å². The topological polar surface area (TPSA) is 14.1 Å². The zero-order chi connectivity index (χ0) is 5.98. The van der Waals surface area contributed by atoms with E-state index in [1.165, 1.54) is 0 Å². The van der Waals surface area contributed by atoms with Crippen molar-refractivity contribution in [3.63, 3.8) is 0 Å². The standard InChI is InChI=1S/C6H6ClN/c1-5-3-2-4-6(7)8-5/h2-4H,1H3/p+1. The predicted molar refractivity (Wildman–Crippen MR) is 32.7 cm³/mol. The average Bonchev–Trinajstić information content (AvgIpc) is 1.64. The minimum Gasteiger partial charge on any atom is -0.199 e. The van der Waals surface area contributed by atoms with E-state index in [-0.39, 0.29) is 0 Å². The molecule has 2 heteroatoms. The lowest BCUT2D eigenvalue weighted by molar-refractivity contribution is -0.384. The predicted octanol–water partition coefficient (Wildman–Crippen LogP) is 1.46.